The van der Waals surface area contributed by atoms with Gasteiger partial charge in [0.25, 0.3) is 11.5 Å². The second kappa shape index (κ2) is 10.3. The lowest BCUT2D eigenvalue weighted by atomic mass is 10.0. The van der Waals surface area contributed by atoms with Crippen LogP contribution in [0, 0.1) is 5.82 Å². The van der Waals surface area contributed by atoms with Gasteiger partial charge in [0, 0.05) is 6.54 Å². The Morgan fingerprint density at radius 3 is 2.20 bits per heavy atom. The predicted molar refractivity (Wildman–Crippen MR) is 131 cm³/mol. The fraction of sp³-hybridized carbons (Fsp3) is 0.185. The summed E-state index contributed by atoms with van der Waals surface area (Å²) in [5, 5.41) is 6.78. The maximum absolute atomic E-state index is 13.3. The Bertz CT molecular complexity index is 1440. The summed E-state index contributed by atoms with van der Waals surface area (Å²) in [5.41, 5.74) is 1.07. The summed E-state index contributed by atoms with van der Waals surface area (Å²) in [4.78, 5) is 39.5. The predicted octanol–water partition coefficient (Wildman–Crippen LogP) is 3.64. The molecule has 0 fully saturated rings. The molecule has 0 saturated heterocycles. The van der Waals surface area contributed by atoms with Crippen LogP contribution in [0.3, 0.4) is 0 Å². The Balaban J connectivity index is 1.75. The number of rotatable bonds is 7. The van der Waals surface area contributed by atoms with Crippen LogP contribution in [0.25, 0.3) is 5.69 Å². The second-order valence-corrected chi connectivity index (χ2v) is 8.48. The Kier molecular flexibility index (Phi) is 7.01. The highest BCUT2D eigenvalue weighted by atomic mass is 19.1. The molecule has 1 aromatic heterocycles. The van der Waals surface area contributed by atoms with Crippen molar-refractivity contribution in [1.29, 1.82) is 0 Å². The zero-order valence-electron chi connectivity index (χ0n) is 19.4. The minimum Gasteiger partial charge on any atom is -0.346 e. The molecule has 4 aromatic rings. The van der Waals surface area contributed by atoms with Gasteiger partial charge >= 0.3 is 5.69 Å². The molecule has 0 aliphatic rings. The van der Waals surface area contributed by atoms with E-state index in [4.69, 9.17) is 0 Å². The first-order valence-corrected chi connectivity index (χ1v) is 11.2. The fourth-order valence-corrected chi connectivity index (χ4v) is 3.60. The molecule has 0 bridgehead atoms. The fourth-order valence-electron chi connectivity index (χ4n) is 3.60. The van der Waals surface area contributed by atoms with E-state index >= 15 is 0 Å². The van der Waals surface area contributed by atoms with Crippen molar-refractivity contribution in [2.75, 3.05) is 0 Å². The molecule has 0 saturated carbocycles. The first kappa shape index (κ1) is 23.8. The first-order chi connectivity index (χ1) is 16.8. The van der Waals surface area contributed by atoms with Crippen LogP contribution in [-0.4, -0.2) is 20.3 Å². The summed E-state index contributed by atoms with van der Waals surface area (Å²) in [6.07, 6.45) is 0. The Labute approximate surface area is 201 Å². The van der Waals surface area contributed by atoms with Gasteiger partial charge in [-0.2, -0.15) is 9.78 Å². The van der Waals surface area contributed by atoms with Gasteiger partial charge < -0.3 is 5.32 Å². The van der Waals surface area contributed by atoms with E-state index in [1.165, 1.54) is 24.3 Å². The van der Waals surface area contributed by atoms with E-state index in [9.17, 15) is 18.8 Å². The number of amides is 1. The van der Waals surface area contributed by atoms with Crippen LogP contribution in [0.2, 0.25) is 0 Å². The average molecular weight is 473 g/mol. The van der Waals surface area contributed by atoms with Crippen molar-refractivity contribution < 1.29 is 9.18 Å². The number of nitrogens with zero attached hydrogens (tertiary/aromatic N) is 3. The first-order valence-electron chi connectivity index (χ1n) is 11.2. The lowest BCUT2D eigenvalue weighted by Crippen LogP contribution is -2.46. The van der Waals surface area contributed by atoms with Crippen LogP contribution in [0.5, 0.6) is 0 Å². The Morgan fingerprint density at radius 2 is 1.57 bits per heavy atom. The standard InChI is InChI=1S/C27H25FN4O3/c1-18(2)21-10-14-23(15-11-21)32-27(35)31(17-20-6-4-3-5-7-20)26(34)24(30-32)25(33)29-16-19-8-12-22(28)13-9-19/h3-15,18H,16-17H2,1-2H3,(H,29,33). The van der Waals surface area contributed by atoms with Gasteiger partial charge in [-0.15, -0.1) is 0 Å². The SMILES string of the molecule is CC(C)c1ccc(-n2nc(C(=O)NCc3ccc(F)cc3)c(=O)n(Cc3ccccc3)c2=O)cc1. The molecule has 7 nitrogen and oxygen atoms in total. The minimum absolute atomic E-state index is 0.0106. The van der Waals surface area contributed by atoms with Crippen LogP contribution in [0.4, 0.5) is 4.39 Å². The summed E-state index contributed by atoms with van der Waals surface area (Å²) in [6, 6.07) is 21.9. The number of benzene rings is 3. The van der Waals surface area contributed by atoms with Gasteiger partial charge in [-0.25, -0.2) is 9.18 Å². The summed E-state index contributed by atoms with van der Waals surface area (Å²) in [6.45, 7) is 4.18. The van der Waals surface area contributed by atoms with Gasteiger partial charge in [-0.3, -0.25) is 14.2 Å². The van der Waals surface area contributed by atoms with Crippen LogP contribution < -0.4 is 16.6 Å². The lowest BCUT2D eigenvalue weighted by Gasteiger charge is -2.13. The Hall–Kier alpha value is -4.33. The zero-order chi connectivity index (χ0) is 24.9. The molecule has 1 N–H and O–H groups in total. The number of hydrogen-bond donors (Lipinski definition) is 1. The monoisotopic (exact) mass is 472 g/mol. The van der Waals surface area contributed by atoms with Gasteiger partial charge in [-0.1, -0.05) is 68.4 Å². The van der Waals surface area contributed by atoms with E-state index in [2.05, 4.69) is 24.3 Å². The molecule has 35 heavy (non-hydrogen) atoms. The van der Waals surface area contributed by atoms with Crippen molar-refractivity contribution in [1.82, 2.24) is 19.7 Å². The largest absolute Gasteiger partial charge is 0.352 e. The van der Waals surface area contributed by atoms with Crippen molar-refractivity contribution >= 4 is 5.91 Å². The molecule has 0 aliphatic heterocycles. The molecule has 178 valence electrons. The maximum atomic E-state index is 13.3. The van der Waals surface area contributed by atoms with Crippen molar-refractivity contribution in [3.8, 4) is 5.69 Å². The molecular formula is C27H25FN4O3. The molecule has 1 amide bonds. The van der Waals surface area contributed by atoms with Crippen LogP contribution in [0.1, 0.15) is 46.9 Å². The van der Waals surface area contributed by atoms with E-state index in [-0.39, 0.29) is 18.9 Å². The van der Waals surface area contributed by atoms with Gasteiger partial charge in [0.05, 0.1) is 12.2 Å². The topological polar surface area (TPSA) is 86.0 Å². The number of aromatic nitrogens is 3. The molecule has 1 heterocycles. The molecular weight excluding hydrogens is 447 g/mol. The normalized spacial score (nSPS) is 11.0. The van der Waals surface area contributed by atoms with Crippen LogP contribution in [0.15, 0.2) is 88.5 Å². The highest BCUT2D eigenvalue weighted by molar-refractivity contribution is 5.91. The molecule has 0 aliphatic carbocycles. The third-order valence-corrected chi connectivity index (χ3v) is 5.63. The number of halogens is 1. The van der Waals surface area contributed by atoms with Gasteiger partial charge in [-0.05, 0) is 46.9 Å². The molecule has 3 aromatic carbocycles. The summed E-state index contributed by atoms with van der Waals surface area (Å²) >= 11 is 0. The molecule has 0 spiro atoms. The number of carbonyl (C=O) groups excluding carboxylic acids is 1. The van der Waals surface area contributed by atoms with E-state index < -0.39 is 22.9 Å². The third kappa shape index (κ3) is 5.43. The zero-order valence-corrected chi connectivity index (χ0v) is 19.4. The van der Waals surface area contributed by atoms with Crippen molar-refractivity contribution in [2.24, 2.45) is 0 Å². The molecule has 4 rings (SSSR count). The highest BCUT2D eigenvalue weighted by Crippen LogP contribution is 2.15. The van der Waals surface area contributed by atoms with Crippen molar-refractivity contribution in [3.05, 3.63) is 128 Å². The smallest absolute Gasteiger partial charge is 0.346 e. The quantitative estimate of drug-likeness (QED) is 0.445. The van der Waals surface area contributed by atoms with Gasteiger partial charge in [0.2, 0.25) is 5.69 Å². The maximum Gasteiger partial charge on any atom is 0.352 e. The van der Waals surface area contributed by atoms with Crippen molar-refractivity contribution in [3.63, 3.8) is 0 Å². The summed E-state index contributed by atoms with van der Waals surface area (Å²) in [7, 11) is 0. The summed E-state index contributed by atoms with van der Waals surface area (Å²) < 4.78 is 15.2. The summed E-state index contributed by atoms with van der Waals surface area (Å²) in [5.74, 6) is -0.816. The van der Waals surface area contributed by atoms with E-state index in [1.54, 1.807) is 36.4 Å². The number of nitrogens with one attached hydrogen (secondary N) is 1. The van der Waals surface area contributed by atoms with Gasteiger partial charge in [0.1, 0.15) is 5.82 Å². The average Bonchev–Trinajstić information content (AvgIpc) is 2.87. The van der Waals surface area contributed by atoms with E-state index in [0.29, 0.717) is 17.2 Å². The third-order valence-electron chi connectivity index (χ3n) is 5.63. The van der Waals surface area contributed by atoms with Crippen LogP contribution in [-0.2, 0) is 13.1 Å². The molecule has 8 heteroatoms. The van der Waals surface area contributed by atoms with E-state index in [0.717, 1.165) is 20.4 Å². The Morgan fingerprint density at radius 1 is 0.914 bits per heavy atom. The highest BCUT2D eigenvalue weighted by Gasteiger charge is 2.20. The molecule has 0 unspecified atom stereocenters. The lowest BCUT2D eigenvalue weighted by molar-refractivity contribution is 0.0941. The number of hydrogen-bond acceptors (Lipinski definition) is 4. The number of carbonyl (C=O) groups is 1. The molecule has 0 atom stereocenters. The van der Waals surface area contributed by atoms with Crippen molar-refractivity contribution in [2.45, 2.75) is 32.9 Å². The van der Waals surface area contributed by atoms with E-state index in [1.807, 2.05) is 18.2 Å². The van der Waals surface area contributed by atoms with Crippen LogP contribution >= 0.6 is 0 Å². The molecule has 0 radical (unpaired) electrons. The minimum atomic E-state index is -0.787. The second-order valence-electron chi connectivity index (χ2n) is 8.48. The van der Waals surface area contributed by atoms with Gasteiger partial charge in [0.15, 0.2) is 0 Å².